The minimum atomic E-state index is -4.70. The first-order valence-corrected chi connectivity index (χ1v) is 11.7. The molecule has 0 spiro atoms. The van der Waals surface area contributed by atoms with E-state index in [0.29, 0.717) is 12.0 Å². The number of para-hydroxylation sites is 1. The average Bonchev–Trinajstić information content (AvgIpc) is 3.42. The molecule has 0 aliphatic heterocycles. The van der Waals surface area contributed by atoms with Gasteiger partial charge in [-0.15, -0.1) is 0 Å². The van der Waals surface area contributed by atoms with E-state index in [0.717, 1.165) is 23.7 Å². The molecular weight excluding hydrogens is 489 g/mol. The summed E-state index contributed by atoms with van der Waals surface area (Å²) in [7, 11) is 1.41. The summed E-state index contributed by atoms with van der Waals surface area (Å²) in [5.74, 6) is -0.250. The number of hydrogen-bond acceptors (Lipinski definition) is 7. The molecule has 1 saturated carbocycles. The summed E-state index contributed by atoms with van der Waals surface area (Å²) in [6.45, 7) is 1.84. The first-order chi connectivity index (χ1) is 17.8. The number of aromatic nitrogens is 5. The molecule has 192 valence electrons. The van der Waals surface area contributed by atoms with Crippen LogP contribution in [0.2, 0.25) is 0 Å². The highest BCUT2D eigenvalue weighted by Gasteiger charge is 2.41. The number of ether oxygens (including phenoxy) is 1. The highest BCUT2D eigenvalue weighted by molar-refractivity contribution is 6.01. The van der Waals surface area contributed by atoms with Crippen molar-refractivity contribution < 1.29 is 27.2 Å². The maximum atomic E-state index is 14.2. The van der Waals surface area contributed by atoms with Gasteiger partial charge in [0.15, 0.2) is 11.5 Å². The quantitative estimate of drug-likeness (QED) is 0.354. The summed E-state index contributed by atoms with van der Waals surface area (Å²) in [4.78, 5) is 21.0. The van der Waals surface area contributed by atoms with Gasteiger partial charge in [0.2, 0.25) is 0 Å². The van der Waals surface area contributed by atoms with E-state index in [1.807, 2.05) is 0 Å². The molecule has 0 atom stereocenters. The maximum absolute atomic E-state index is 14.2. The van der Waals surface area contributed by atoms with Crippen LogP contribution < -0.4 is 10.1 Å². The molecule has 9 nitrogen and oxygen atoms in total. The predicted molar refractivity (Wildman–Crippen MR) is 127 cm³/mol. The third kappa shape index (κ3) is 4.66. The molecule has 1 aliphatic carbocycles. The van der Waals surface area contributed by atoms with Gasteiger partial charge in [-0.25, -0.2) is 9.97 Å². The molecule has 0 saturated heterocycles. The molecular formula is C25H23F3N6O3. The van der Waals surface area contributed by atoms with E-state index in [4.69, 9.17) is 9.26 Å². The van der Waals surface area contributed by atoms with Gasteiger partial charge < -0.3 is 14.6 Å². The molecule has 1 N–H and O–H groups in total. The van der Waals surface area contributed by atoms with Gasteiger partial charge in [-0.3, -0.25) is 9.48 Å². The maximum Gasteiger partial charge on any atom is 0.433 e. The second-order valence-electron chi connectivity index (χ2n) is 8.59. The summed E-state index contributed by atoms with van der Waals surface area (Å²) in [6.07, 6.45) is 1.43. The van der Waals surface area contributed by atoms with Gasteiger partial charge in [0.05, 0.1) is 35.7 Å². The SMILES string of the molecule is CCCn1ncc(-c2onc(-c3cccc(C(=O)NC4CC4)c3OC)c2-c2ccncn2)c1C(F)(F)F. The Morgan fingerprint density at radius 1 is 1.24 bits per heavy atom. The van der Waals surface area contributed by atoms with E-state index in [-0.39, 0.29) is 58.1 Å². The predicted octanol–water partition coefficient (Wildman–Crippen LogP) is 4.99. The monoisotopic (exact) mass is 512 g/mol. The molecule has 12 heteroatoms. The Hall–Kier alpha value is -4.22. The zero-order valence-corrected chi connectivity index (χ0v) is 20.0. The lowest BCUT2D eigenvalue weighted by molar-refractivity contribution is -0.143. The first-order valence-electron chi connectivity index (χ1n) is 11.7. The lowest BCUT2D eigenvalue weighted by Crippen LogP contribution is -2.25. The number of methoxy groups -OCH3 is 1. The van der Waals surface area contributed by atoms with Crippen LogP contribution in [0.5, 0.6) is 5.75 Å². The van der Waals surface area contributed by atoms with Gasteiger partial charge in [-0.1, -0.05) is 18.1 Å². The van der Waals surface area contributed by atoms with Crippen molar-refractivity contribution in [1.29, 1.82) is 0 Å². The van der Waals surface area contributed by atoms with Gasteiger partial charge >= 0.3 is 6.18 Å². The Kier molecular flexibility index (Phi) is 6.40. The fourth-order valence-electron chi connectivity index (χ4n) is 4.18. The number of benzene rings is 1. The Labute approximate surface area is 209 Å². The van der Waals surface area contributed by atoms with Crippen LogP contribution in [0.25, 0.3) is 33.8 Å². The van der Waals surface area contributed by atoms with Gasteiger partial charge in [-0.2, -0.15) is 18.3 Å². The fraction of sp³-hybridized carbons (Fsp3) is 0.320. The molecule has 0 unspecified atom stereocenters. The smallest absolute Gasteiger partial charge is 0.433 e. The summed E-state index contributed by atoms with van der Waals surface area (Å²) < 4.78 is 54.6. The number of nitrogens with zero attached hydrogens (tertiary/aromatic N) is 5. The van der Waals surface area contributed by atoms with Crippen LogP contribution in [0.15, 0.2) is 47.5 Å². The summed E-state index contributed by atoms with van der Waals surface area (Å²) in [5, 5.41) is 11.0. The number of rotatable bonds is 8. The summed E-state index contributed by atoms with van der Waals surface area (Å²) in [6, 6.07) is 6.58. The Morgan fingerprint density at radius 3 is 2.70 bits per heavy atom. The second-order valence-corrected chi connectivity index (χ2v) is 8.59. The van der Waals surface area contributed by atoms with E-state index in [9.17, 15) is 18.0 Å². The molecule has 1 fully saturated rings. The largest absolute Gasteiger partial charge is 0.495 e. The van der Waals surface area contributed by atoms with Crippen LogP contribution in [0, 0.1) is 0 Å². The van der Waals surface area contributed by atoms with Gasteiger partial charge in [0, 0.05) is 24.3 Å². The third-order valence-electron chi connectivity index (χ3n) is 5.95. The highest BCUT2D eigenvalue weighted by atomic mass is 19.4. The third-order valence-corrected chi connectivity index (χ3v) is 5.95. The molecule has 1 aliphatic rings. The van der Waals surface area contributed by atoms with Crippen molar-refractivity contribution in [2.24, 2.45) is 0 Å². The van der Waals surface area contributed by atoms with Crippen molar-refractivity contribution in [2.75, 3.05) is 7.11 Å². The van der Waals surface area contributed by atoms with Gasteiger partial charge in [0.1, 0.15) is 17.8 Å². The second kappa shape index (κ2) is 9.68. The number of hydrogen-bond donors (Lipinski definition) is 1. The van der Waals surface area contributed by atoms with E-state index >= 15 is 0 Å². The average molecular weight is 512 g/mol. The number of halogens is 3. The lowest BCUT2D eigenvalue weighted by atomic mass is 9.97. The van der Waals surface area contributed by atoms with E-state index in [1.54, 1.807) is 31.2 Å². The molecule has 5 rings (SSSR count). The molecule has 0 bridgehead atoms. The van der Waals surface area contributed by atoms with Gasteiger partial charge in [0.25, 0.3) is 5.91 Å². The number of nitrogens with one attached hydrogen (secondary N) is 1. The Bertz CT molecular complexity index is 1430. The molecule has 4 aromatic rings. The standard InChI is InChI=1S/C25H23F3N6O3/c1-3-11-34-23(25(26,27)28)17(12-31-34)22-19(18-9-10-29-13-30-18)20(33-37-22)15-5-4-6-16(21(15)36-2)24(35)32-14-7-8-14/h4-6,9-10,12-14H,3,7-8,11H2,1-2H3,(H,32,35). The Morgan fingerprint density at radius 2 is 2.05 bits per heavy atom. The van der Waals surface area contributed by atoms with Crippen molar-refractivity contribution in [3.05, 3.63) is 54.2 Å². The number of carbonyl (C=O) groups is 1. The topological polar surface area (TPSA) is 108 Å². The van der Waals surface area contributed by atoms with Crippen LogP contribution >= 0.6 is 0 Å². The normalized spacial score (nSPS) is 13.5. The molecule has 37 heavy (non-hydrogen) atoms. The molecule has 3 aromatic heterocycles. The minimum Gasteiger partial charge on any atom is -0.495 e. The number of carbonyl (C=O) groups excluding carboxylic acids is 1. The number of aryl methyl sites for hydroxylation is 1. The highest BCUT2D eigenvalue weighted by Crippen LogP contribution is 2.46. The zero-order chi connectivity index (χ0) is 26.2. The van der Waals surface area contributed by atoms with Crippen LogP contribution in [0.4, 0.5) is 13.2 Å². The number of alkyl halides is 3. The van der Waals surface area contributed by atoms with E-state index in [2.05, 4.69) is 25.5 Å². The zero-order valence-electron chi connectivity index (χ0n) is 20.0. The molecule has 1 amide bonds. The van der Waals surface area contributed by atoms with Crippen molar-refractivity contribution in [3.63, 3.8) is 0 Å². The van der Waals surface area contributed by atoms with Crippen molar-refractivity contribution in [2.45, 2.75) is 44.9 Å². The van der Waals surface area contributed by atoms with E-state index < -0.39 is 11.9 Å². The molecule has 0 radical (unpaired) electrons. The molecule has 3 heterocycles. The van der Waals surface area contributed by atoms with Crippen molar-refractivity contribution in [1.82, 2.24) is 30.2 Å². The van der Waals surface area contributed by atoms with Crippen LogP contribution in [0.1, 0.15) is 42.2 Å². The first kappa shape index (κ1) is 24.5. The Balaban J connectivity index is 1.73. The van der Waals surface area contributed by atoms with Crippen molar-refractivity contribution >= 4 is 5.91 Å². The van der Waals surface area contributed by atoms with Crippen LogP contribution in [0.3, 0.4) is 0 Å². The van der Waals surface area contributed by atoms with E-state index in [1.165, 1.54) is 19.6 Å². The van der Waals surface area contributed by atoms with Crippen molar-refractivity contribution in [3.8, 4) is 39.6 Å². The van der Waals surface area contributed by atoms with Gasteiger partial charge in [-0.05, 0) is 37.5 Å². The number of amides is 1. The lowest BCUT2D eigenvalue weighted by Gasteiger charge is -2.13. The van der Waals surface area contributed by atoms with Crippen LogP contribution in [-0.2, 0) is 12.7 Å². The minimum absolute atomic E-state index is 0.0741. The fourth-order valence-corrected chi connectivity index (χ4v) is 4.18. The summed E-state index contributed by atoms with van der Waals surface area (Å²) in [5.41, 5.74) is 0.0742. The summed E-state index contributed by atoms with van der Waals surface area (Å²) >= 11 is 0. The van der Waals surface area contributed by atoms with Crippen LogP contribution in [-0.4, -0.2) is 44.0 Å². The molecule has 1 aromatic carbocycles.